The minimum atomic E-state index is 0.729. The number of benzene rings is 2. The lowest BCUT2D eigenvalue weighted by atomic mass is 10.1. The Kier molecular flexibility index (Phi) is 4.33. The van der Waals surface area contributed by atoms with Gasteiger partial charge in [-0.3, -0.25) is 0 Å². The van der Waals surface area contributed by atoms with Gasteiger partial charge >= 0.3 is 0 Å². The largest absolute Gasteiger partial charge is 0.496 e. The van der Waals surface area contributed by atoms with E-state index < -0.39 is 0 Å². The molecule has 3 heteroatoms. The van der Waals surface area contributed by atoms with Crippen molar-refractivity contribution in [3.05, 3.63) is 58.1 Å². The van der Waals surface area contributed by atoms with E-state index >= 15 is 0 Å². The van der Waals surface area contributed by atoms with Crippen molar-refractivity contribution in [1.29, 1.82) is 0 Å². The van der Waals surface area contributed by atoms with E-state index in [2.05, 4.69) is 24.4 Å². The monoisotopic (exact) mass is 275 g/mol. The van der Waals surface area contributed by atoms with Crippen LogP contribution in [0.5, 0.6) is 5.75 Å². The Hall–Kier alpha value is -1.67. The van der Waals surface area contributed by atoms with E-state index in [1.54, 1.807) is 7.11 Å². The lowest BCUT2D eigenvalue weighted by Gasteiger charge is -2.13. The first-order valence-corrected chi connectivity index (χ1v) is 6.61. The molecule has 2 aromatic carbocycles. The molecule has 2 aromatic rings. The molecule has 2 rings (SSSR count). The fourth-order valence-electron chi connectivity index (χ4n) is 2.06. The molecule has 0 aliphatic rings. The molecule has 2 nitrogen and oxygen atoms in total. The average Bonchev–Trinajstić information content (AvgIpc) is 2.38. The van der Waals surface area contributed by atoms with Crippen LogP contribution in [-0.4, -0.2) is 7.11 Å². The summed E-state index contributed by atoms with van der Waals surface area (Å²) in [6, 6.07) is 12.0. The SMILES string of the molecule is COc1ccc(C)cc1CNc1ccc(Cl)cc1C. The van der Waals surface area contributed by atoms with E-state index in [0.717, 1.165) is 34.1 Å². The number of hydrogen-bond donors (Lipinski definition) is 1. The molecule has 0 fully saturated rings. The highest BCUT2D eigenvalue weighted by Gasteiger charge is 2.04. The Labute approximate surface area is 119 Å². The molecule has 0 spiro atoms. The number of rotatable bonds is 4. The van der Waals surface area contributed by atoms with Crippen molar-refractivity contribution in [1.82, 2.24) is 0 Å². The Morgan fingerprint density at radius 3 is 2.58 bits per heavy atom. The first kappa shape index (κ1) is 13.8. The van der Waals surface area contributed by atoms with Crippen LogP contribution in [0.1, 0.15) is 16.7 Å². The highest BCUT2D eigenvalue weighted by molar-refractivity contribution is 6.30. The molecular formula is C16H18ClNO. The Morgan fingerprint density at radius 1 is 1.11 bits per heavy atom. The molecule has 0 unspecified atom stereocenters. The van der Waals surface area contributed by atoms with Crippen LogP contribution in [0, 0.1) is 13.8 Å². The van der Waals surface area contributed by atoms with Crippen molar-refractivity contribution in [3.63, 3.8) is 0 Å². The Morgan fingerprint density at radius 2 is 1.89 bits per heavy atom. The molecule has 0 aromatic heterocycles. The number of anilines is 1. The summed E-state index contributed by atoms with van der Waals surface area (Å²) in [5.41, 5.74) is 4.61. The number of methoxy groups -OCH3 is 1. The van der Waals surface area contributed by atoms with Crippen molar-refractivity contribution in [3.8, 4) is 5.75 Å². The second-order valence-corrected chi connectivity index (χ2v) is 5.06. The number of ether oxygens (including phenoxy) is 1. The molecule has 1 N–H and O–H groups in total. The molecule has 0 aliphatic carbocycles. The summed E-state index contributed by atoms with van der Waals surface area (Å²) in [5, 5.41) is 4.18. The van der Waals surface area contributed by atoms with Crippen LogP contribution in [0.4, 0.5) is 5.69 Å². The number of nitrogens with one attached hydrogen (secondary N) is 1. The molecule has 0 saturated heterocycles. The van der Waals surface area contributed by atoms with Crippen LogP contribution in [0.25, 0.3) is 0 Å². The highest BCUT2D eigenvalue weighted by Crippen LogP contribution is 2.23. The van der Waals surface area contributed by atoms with Gasteiger partial charge in [-0.25, -0.2) is 0 Å². The van der Waals surface area contributed by atoms with Crippen molar-refractivity contribution < 1.29 is 4.74 Å². The van der Waals surface area contributed by atoms with Crippen molar-refractivity contribution in [2.45, 2.75) is 20.4 Å². The molecule has 19 heavy (non-hydrogen) atoms. The third kappa shape index (κ3) is 3.42. The minimum absolute atomic E-state index is 0.729. The van der Waals surface area contributed by atoms with Gasteiger partial charge in [0, 0.05) is 22.8 Å². The number of aryl methyl sites for hydroxylation is 2. The maximum atomic E-state index is 5.95. The molecule has 0 atom stereocenters. The third-order valence-electron chi connectivity index (χ3n) is 3.09. The van der Waals surface area contributed by atoms with Crippen LogP contribution in [0.2, 0.25) is 5.02 Å². The number of halogens is 1. The van der Waals surface area contributed by atoms with E-state index in [1.807, 2.05) is 31.2 Å². The summed E-state index contributed by atoms with van der Waals surface area (Å²) < 4.78 is 5.38. The maximum Gasteiger partial charge on any atom is 0.123 e. The van der Waals surface area contributed by atoms with Gasteiger partial charge in [-0.05, 0) is 43.7 Å². The summed E-state index contributed by atoms with van der Waals surface area (Å²) >= 11 is 5.95. The third-order valence-corrected chi connectivity index (χ3v) is 3.33. The molecule has 0 amide bonds. The smallest absolute Gasteiger partial charge is 0.123 e. The van der Waals surface area contributed by atoms with Crippen molar-refractivity contribution in [2.75, 3.05) is 12.4 Å². The normalized spacial score (nSPS) is 10.3. The highest BCUT2D eigenvalue weighted by atomic mass is 35.5. The summed E-state index contributed by atoms with van der Waals surface area (Å²) in [4.78, 5) is 0. The lowest BCUT2D eigenvalue weighted by Crippen LogP contribution is -2.03. The summed E-state index contributed by atoms with van der Waals surface area (Å²) in [5.74, 6) is 0.907. The molecular weight excluding hydrogens is 258 g/mol. The van der Waals surface area contributed by atoms with E-state index in [0.29, 0.717) is 0 Å². The molecule has 0 heterocycles. The van der Waals surface area contributed by atoms with Gasteiger partial charge < -0.3 is 10.1 Å². The molecule has 100 valence electrons. The maximum absolute atomic E-state index is 5.95. The number of hydrogen-bond acceptors (Lipinski definition) is 2. The molecule has 0 saturated carbocycles. The second kappa shape index (κ2) is 5.98. The van der Waals surface area contributed by atoms with Crippen LogP contribution < -0.4 is 10.1 Å². The summed E-state index contributed by atoms with van der Waals surface area (Å²) in [7, 11) is 1.70. The molecule has 0 aliphatic heterocycles. The standard InChI is InChI=1S/C16H18ClNO/c1-11-4-7-16(19-3)13(8-11)10-18-15-6-5-14(17)9-12(15)2/h4-9,18H,10H2,1-3H3. The van der Waals surface area contributed by atoms with Gasteiger partial charge in [-0.1, -0.05) is 29.3 Å². The van der Waals surface area contributed by atoms with Gasteiger partial charge in [0.15, 0.2) is 0 Å². The van der Waals surface area contributed by atoms with Crippen LogP contribution in [0.3, 0.4) is 0 Å². The minimum Gasteiger partial charge on any atom is -0.496 e. The fraction of sp³-hybridized carbons (Fsp3) is 0.250. The van der Waals surface area contributed by atoms with Crippen molar-refractivity contribution >= 4 is 17.3 Å². The van der Waals surface area contributed by atoms with Gasteiger partial charge in [0.1, 0.15) is 5.75 Å². The first-order chi connectivity index (χ1) is 9.10. The lowest BCUT2D eigenvalue weighted by molar-refractivity contribution is 0.410. The van der Waals surface area contributed by atoms with E-state index in [1.165, 1.54) is 5.56 Å². The predicted octanol–water partition coefficient (Wildman–Crippen LogP) is 4.58. The Balaban J connectivity index is 2.16. The zero-order valence-corrected chi connectivity index (χ0v) is 12.2. The quantitative estimate of drug-likeness (QED) is 0.882. The Bertz CT molecular complexity index is 581. The van der Waals surface area contributed by atoms with Gasteiger partial charge in [-0.2, -0.15) is 0 Å². The predicted molar refractivity (Wildman–Crippen MR) is 81.2 cm³/mol. The summed E-state index contributed by atoms with van der Waals surface area (Å²) in [6.45, 7) is 4.85. The van der Waals surface area contributed by atoms with Gasteiger partial charge in [-0.15, -0.1) is 0 Å². The zero-order valence-electron chi connectivity index (χ0n) is 11.5. The fourth-order valence-corrected chi connectivity index (χ4v) is 2.29. The van der Waals surface area contributed by atoms with Crippen LogP contribution >= 0.6 is 11.6 Å². The zero-order chi connectivity index (χ0) is 13.8. The average molecular weight is 276 g/mol. The van der Waals surface area contributed by atoms with E-state index in [9.17, 15) is 0 Å². The van der Waals surface area contributed by atoms with Crippen LogP contribution in [0.15, 0.2) is 36.4 Å². The first-order valence-electron chi connectivity index (χ1n) is 6.23. The van der Waals surface area contributed by atoms with E-state index in [4.69, 9.17) is 16.3 Å². The summed E-state index contributed by atoms with van der Waals surface area (Å²) in [6.07, 6.45) is 0. The topological polar surface area (TPSA) is 21.3 Å². The van der Waals surface area contributed by atoms with Gasteiger partial charge in [0.05, 0.1) is 7.11 Å². The van der Waals surface area contributed by atoms with Crippen LogP contribution in [-0.2, 0) is 6.54 Å². The van der Waals surface area contributed by atoms with E-state index in [-0.39, 0.29) is 0 Å². The van der Waals surface area contributed by atoms with Gasteiger partial charge in [0.2, 0.25) is 0 Å². The second-order valence-electron chi connectivity index (χ2n) is 4.63. The molecule has 0 bridgehead atoms. The molecule has 0 radical (unpaired) electrons. The van der Waals surface area contributed by atoms with Gasteiger partial charge in [0.25, 0.3) is 0 Å². The van der Waals surface area contributed by atoms with Crippen molar-refractivity contribution in [2.24, 2.45) is 0 Å².